The van der Waals surface area contributed by atoms with Crippen LogP contribution < -0.4 is 10.1 Å². The second kappa shape index (κ2) is 5.39. The van der Waals surface area contributed by atoms with Gasteiger partial charge in [0.05, 0.1) is 0 Å². The third-order valence-electron chi connectivity index (χ3n) is 2.63. The van der Waals surface area contributed by atoms with Crippen molar-refractivity contribution in [1.82, 2.24) is 5.32 Å². The summed E-state index contributed by atoms with van der Waals surface area (Å²) in [7, 11) is 0. The highest BCUT2D eigenvalue weighted by atomic mass is 19.2. The van der Waals surface area contributed by atoms with Gasteiger partial charge in [-0.2, -0.15) is 8.78 Å². The van der Waals surface area contributed by atoms with E-state index in [0.717, 1.165) is 12.1 Å². The summed E-state index contributed by atoms with van der Waals surface area (Å²) in [5.74, 6) is -6.97. The van der Waals surface area contributed by atoms with E-state index in [1.807, 2.05) is 6.08 Å². The maximum Gasteiger partial charge on any atom is 0.203 e. The van der Waals surface area contributed by atoms with E-state index in [0.29, 0.717) is 13.0 Å². The number of benzene rings is 1. The molecule has 0 atom stereocenters. The average molecular weight is 261 g/mol. The number of ether oxygens (including phenoxy) is 1. The number of rotatable bonds is 3. The highest BCUT2D eigenvalue weighted by Gasteiger charge is 2.20. The third-order valence-corrected chi connectivity index (χ3v) is 2.63. The van der Waals surface area contributed by atoms with E-state index in [4.69, 9.17) is 4.74 Å². The molecule has 2 rings (SSSR count). The fourth-order valence-electron chi connectivity index (χ4n) is 1.64. The molecule has 1 aromatic carbocycles. The van der Waals surface area contributed by atoms with Gasteiger partial charge >= 0.3 is 0 Å². The zero-order valence-electron chi connectivity index (χ0n) is 9.40. The number of nitrogens with one attached hydrogen (secondary N) is 1. The predicted molar refractivity (Wildman–Crippen MR) is 57.3 cm³/mol. The standard InChI is InChI=1S/C12H11F4NO/c13-8-5-9(14)11(16)12(10(8)15)18-6-7-1-3-17-4-2-7/h1,5,17H,2-4,6H2. The lowest BCUT2D eigenvalue weighted by Gasteiger charge is -2.15. The summed E-state index contributed by atoms with van der Waals surface area (Å²) in [5, 5.41) is 3.05. The molecule has 2 nitrogen and oxygen atoms in total. The Morgan fingerprint density at radius 1 is 1.11 bits per heavy atom. The van der Waals surface area contributed by atoms with Crippen LogP contribution in [0.25, 0.3) is 0 Å². The second-order valence-corrected chi connectivity index (χ2v) is 3.90. The van der Waals surface area contributed by atoms with E-state index in [1.54, 1.807) is 0 Å². The summed E-state index contributed by atoms with van der Waals surface area (Å²) >= 11 is 0. The number of halogens is 4. The minimum atomic E-state index is -1.51. The summed E-state index contributed by atoms with van der Waals surface area (Å²) in [6, 6.07) is 0.154. The van der Waals surface area contributed by atoms with Gasteiger partial charge in [-0.1, -0.05) is 6.08 Å². The quantitative estimate of drug-likeness (QED) is 0.513. The minimum Gasteiger partial charge on any atom is -0.483 e. The van der Waals surface area contributed by atoms with E-state index in [9.17, 15) is 17.6 Å². The first-order chi connectivity index (χ1) is 8.59. The molecule has 0 radical (unpaired) electrons. The fourth-order valence-corrected chi connectivity index (χ4v) is 1.64. The van der Waals surface area contributed by atoms with Crippen molar-refractivity contribution in [3.63, 3.8) is 0 Å². The Balaban J connectivity index is 2.16. The van der Waals surface area contributed by atoms with Crippen molar-refractivity contribution in [2.24, 2.45) is 0 Å². The van der Waals surface area contributed by atoms with Gasteiger partial charge in [-0.15, -0.1) is 0 Å². The molecule has 0 spiro atoms. The molecule has 0 unspecified atom stereocenters. The molecule has 1 aliphatic rings. The van der Waals surface area contributed by atoms with Crippen LogP contribution in [0, 0.1) is 23.3 Å². The Bertz CT molecular complexity index is 461. The third kappa shape index (κ3) is 2.64. The normalized spacial score (nSPS) is 15.4. The zero-order chi connectivity index (χ0) is 13.1. The van der Waals surface area contributed by atoms with Crippen LogP contribution in [0.1, 0.15) is 6.42 Å². The molecule has 0 aliphatic carbocycles. The molecule has 0 aromatic heterocycles. The number of hydrogen-bond acceptors (Lipinski definition) is 2. The summed E-state index contributed by atoms with van der Waals surface area (Å²) < 4.78 is 57.2. The summed E-state index contributed by atoms with van der Waals surface area (Å²) in [4.78, 5) is 0. The van der Waals surface area contributed by atoms with Crippen LogP contribution in [-0.2, 0) is 0 Å². The Morgan fingerprint density at radius 2 is 1.78 bits per heavy atom. The van der Waals surface area contributed by atoms with Gasteiger partial charge in [0.15, 0.2) is 17.4 Å². The lowest BCUT2D eigenvalue weighted by Crippen LogP contribution is -2.22. The average Bonchev–Trinajstić information content (AvgIpc) is 2.38. The van der Waals surface area contributed by atoms with Crippen LogP contribution in [0.5, 0.6) is 5.75 Å². The molecular formula is C12H11F4NO. The molecule has 0 bridgehead atoms. The molecule has 1 aliphatic heterocycles. The largest absolute Gasteiger partial charge is 0.483 e. The molecule has 18 heavy (non-hydrogen) atoms. The predicted octanol–water partition coefficient (Wildman–Crippen LogP) is 2.54. The SMILES string of the molecule is Fc1cc(F)c(F)c(OCC2=CCNCC2)c1F. The Kier molecular flexibility index (Phi) is 3.86. The van der Waals surface area contributed by atoms with Crippen molar-refractivity contribution < 1.29 is 22.3 Å². The van der Waals surface area contributed by atoms with Gasteiger partial charge in [-0.3, -0.25) is 0 Å². The Hall–Kier alpha value is -1.56. The van der Waals surface area contributed by atoms with Crippen molar-refractivity contribution >= 4 is 0 Å². The summed E-state index contributed by atoms with van der Waals surface area (Å²) in [5.41, 5.74) is 0.831. The summed E-state index contributed by atoms with van der Waals surface area (Å²) in [6.07, 6.45) is 2.48. The highest BCUT2D eigenvalue weighted by molar-refractivity contribution is 5.29. The van der Waals surface area contributed by atoms with Crippen molar-refractivity contribution in [2.45, 2.75) is 6.42 Å². The maximum absolute atomic E-state index is 13.3. The van der Waals surface area contributed by atoms with Gasteiger partial charge in [0.1, 0.15) is 6.61 Å². The first-order valence-corrected chi connectivity index (χ1v) is 5.44. The molecule has 0 amide bonds. The smallest absolute Gasteiger partial charge is 0.203 e. The van der Waals surface area contributed by atoms with Gasteiger partial charge < -0.3 is 10.1 Å². The fraction of sp³-hybridized carbons (Fsp3) is 0.333. The van der Waals surface area contributed by atoms with Gasteiger partial charge in [0.25, 0.3) is 0 Å². The van der Waals surface area contributed by atoms with Gasteiger partial charge in [0, 0.05) is 12.6 Å². The minimum absolute atomic E-state index is 0.0849. The molecule has 1 aromatic rings. The molecule has 0 saturated heterocycles. The van der Waals surface area contributed by atoms with E-state index in [1.165, 1.54) is 0 Å². The molecule has 0 fully saturated rings. The molecule has 98 valence electrons. The van der Waals surface area contributed by atoms with E-state index in [2.05, 4.69) is 5.32 Å². The Morgan fingerprint density at radius 3 is 2.33 bits per heavy atom. The van der Waals surface area contributed by atoms with Gasteiger partial charge in [-0.05, 0) is 18.5 Å². The monoisotopic (exact) mass is 261 g/mol. The van der Waals surface area contributed by atoms with Gasteiger partial charge in [0.2, 0.25) is 11.6 Å². The van der Waals surface area contributed by atoms with Crippen LogP contribution in [-0.4, -0.2) is 19.7 Å². The van der Waals surface area contributed by atoms with E-state index in [-0.39, 0.29) is 12.7 Å². The van der Waals surface area contributed by atoms with Crippen molar-refractivity contribution in [2.75, 3.05) is 19.7 Å². The topological polar surface area (TPSA) is 21.3 Å². The zero-order valence-corrected chi connectivity index (χ0v) is 9.40. The first-order valence-electron chi connectivity index (χ1n) is 5.44. The van der Waals surface area contributed by atoms with Crippen molar-refractivity contribution in [3.8, 4) is 5.75 Å². The Labute approximate surface area is 101 Å². The van der Waals surface area contributed by atoms with Crippen LogP contribution in [0.2, 0.25) is 0 Å². The van der Waals surface area contributed by atoms with E-state index < -0.39 is 29.0 Å². The first kappa shape index (κ1) is 12.9. The van der Waals surface area contributed by atoms with Gasteiger partial charge in [-0.25, -0.2) is 8.78 Å². The van der Waals surface area contributed by atoms with Crippen LogP contribution in [0.4, 0.5) is 17.6 Å². The highest BCUT2D eigenvalue weighted by Crippen LogP contribution is 2.27. The summed E-state index contributed by atoms with van der Waals surface area (Å²) in [6.45, 7) is 1.29. The lowest BCUT2D eigenvalue weighted by atomic mass is 10.1. The molecule has 6 heteroatoms. The van der Waals surface area contributed by atoms with Crippen molar-refractivity contribution in [1.29, 1.82) is 0 Å². The van der Waals surface area contributed by atoms with Crippen LogP contribution in [0.3, 0.4) is 0 Å². The maximum atomic E-state index is 13.3. The van der Waals surface area contributed by atoms with Crippen LogP contribution >= 0.6 is 0 Å². The molecule has 0 saturated carbocycles. The van der Waals surface area contributed by atoms with Crippen molar-refractivity contribution in [3.05, 3.63) is 41.0 Å². The number of hydrogen-bond donors (Lipinski definition) is 1. The van der Waals surface area contributed by atoms with E-state index >= 15 is 0 Å². The second-order valence-electron chi connectivity index (χ2n) is 3.90. The molecule has 1 N–H and O–H groups in total. The molecule has 1 heterocycles. The lowest BCUT2D eigenvalue weighted by molar-refractivity contribution is 0.291. The van der Waals surface area contributed by atoms with Crippen LogP contribution in [0.15, 0.2) is 17.7 Å². The molecular weight excluding hydrogens is 250 g/mol.